The Labute approximate surface area is 157 Å². The summed E-state index contributed by atoms with van der Waals surface area (Å²) < 4.78 is 35.3. The van der Waals surface area contributed by atoms with E-state index in [-0.39, 0.29) is 18.4 Å². The van der Waals surface area contributed by atoms with E-state index in [1.807, 2.05) is 44.2 Å². The van der Waals surface area contributed by atoms with E-state index in [1.54, 1.807) is 24.0 Å². The first-order valence-electron chi connectivity index (χ1n) is 8.57. The van der Waals surface area contributed by atoms with Crippen molar-refractivity contribution in [2.45, 2.75) is 32.9 Å². The van der Waals surface area contributed by atoms with Gasteiger partial charge >= 0.3 is 6.61 Å². The molecule has 1 amide bonds. The fourth-order valence-electron chi connectivity index (χ4n) is 3.13. The number of carbonyl (C=O) groups is 1. The van der Waals surface area contributed by atoms with Crippen molar-refractivity contribution in [3.8, 4) is 5.75 Å². The zero-order valence-electron chi connectivity index (χ0n) is 15.4. The minimum Gasteiger partial charge on any atom is -0.477 e. The third kappa shape index (κ3) is 3.79. The first-order valence-corrected chi connectivity index (χ1v) is 8.57. The Balaban J connectivity index is 1.95. The van der Waals surface area contributed by atoms with Gasteiger partial charge in [0.2, 0.25) is 0 Å². The van der Waals surface area contributed by atoms with E-state index in [9.17, 15) is 13.6 Å². The van der Waals surface area contributed by atoms with Gasteiger partial charge in [-0.05, 0) is 44.0 Å². The summed E-state index contributed by atoms with van der Waals surface area (Å²) in [6.07, 6.45) is 0. The molecular formula is C21H21F2NO3. The molecule has 0 aliphatic carbocycles. The van der Waals surface area contributed by atoms with Crippen LogP contribution < -0.4 is 4.74 Å². The molecule has 0 spiro atoms. The molecule has 1 aliphatic heterocycles. The van der Waals surface area contributed by atoms with Crippen molar-refractivity contribution >= 4 is 11.5 Å². The number of halogens is 2. The molecule has 0 N–H and O–H groups in total. The van der Waals surface area contributed by atoms with Crippen molar-refractivity contribution in [2.24, 2.45) is 0 Å². The normalized spacial score (nSPS) is 15.2. The lowest BCUT2D eigenvalue weighted by Crippen LogP contribution is -2.49. The van der Waals surface area contributed by atoms with Gasteiger partial charge in [-0.3, -0.25) is 9.69 Å². The molecule has 27 heavy (non-hydrogen) atoms. The van der Waals surface area contributed by atoms with Crippen LogP contribution in [0.5, 0.6) is 5.75 Å². The molecule has 0 atom stereocenters. The minimum absolute atomic E-state index is 0.0518. The van der Waals surface area contributed by atoms with Gasteiger partial charge in [-0.25, -0.2) is 0 Å². The van der Waals surface area contributed by atoms with Crippen LogP contribution in [0.2, 0.25) is 0 Å². The van der Waals surface area contributed by atoms with Crippen LogP contribution in [-0.4, -0.2) is 24.1 Å². The van der Waals surface area contributed by atoms with Crippen LogP contribution in [-0.2, 0) is 15.1 Å². The van der Waals surface area contributed by atoms with Crippen molar-refractivity contribution in [1.29, 1.82) is 0 Å². The molecule has 0 unspecified atom stereocenters. The highest BCUT2D eigenvalue weighted by atomic mass is 19.3. The zero-order chi connectivity index (χ0) is 19.6. The van der Waals surface area contributed by atoms with Crippen LogP contribution in [0.15, 0.2) is 60.4 Å². The van der Waals surface area contributed by atoms with Crippen molar-refractivity contribution < 1.29 is 23.0 Å². The molecule has 1 heterocycles. The van der Waals surface area contributed by atoms with E-state index < -0.39 is 12.2 Å². The molecule has 0 radical (unpaired) electrons. The quantitative estimate of drug-likeness (QED) is 0.758. The molecule has 0 saturated heterocycles. The number of rotatable bonds is 5. The van der Waals surface area contributed by atoms with Crippen LogP contribution in [0, 0.1) is 0 Å². The van der Waals surface area contributed by atoms with Crippen LogP contribution >= 0.6 is 0 Å². The van der Waals surface area contributed by atoms with Crippen molar-refractivity contribution in [3.63, 3.8) is 0 Å². The summed E-state index contributed by atoms with van der Waals surface area (Å²) in [4.78, 5) is 14.8. The Kier molecular flexibility index (Phi) is 5.17. The Morgan fingerprint density at radius 2 is 1.81 bits per heavy atom. The number of carbonyl (C=O) groups excluding carboxylic acids is 1. The van der Waals surface area contributed by atoms with Crippen LogP contribution in [0.1, 0.15) is 31.9 Å². The highest BCUT2D eigenvalue weighted by Crippen LogP contribution is 2.36. The monoisotopic (exact) mass is 373 g/mol. The molecule has 0 aromatic heterocycles. The molecule has 6 heteroatoms. The molecule has 0 bridgehead atoms. The number of alkyl halides is 2. The average Bonchev–Trinajstić information content (AvgIpc) is 2.62. The van der Waals surface area contributed by atoms with Crippen molar-refractivity contribution in [2.75, 3.05) is 6.73 Å². The van der Waals surface area contributed by atoms with Gasteiger partial charge in [0.25, 0.3) is 5.91 Å². The van der Waals surface area contributed by atoms with Gasteiger partial charge in [0.1, 0.15) is 11.5 Å². The van der Waals surface area contributed by atoms with E-state index in [4.69, 9.17) is 4.74 Å². The third-order valence-corrected chi connectivity index (χ3v) is 4.72. The Morgan fingerprint density at radius 1 is 1.11 bits per heavy atom. The predicted molar refractivity (Wildman–Crippen MR) is 97.9 cm³/mol. The summed E-state index contributed by atoms with van der Waals surface area (Å²) in [7, 11) is 0. The second kappa shape index (κ2) is 7.39. The topological polar surface area (TPSA) is 38.8 Å². The van der Waals surface area contributed by atoms with E-state index in [0.717, 1.165) is 5.56 Å². The predicted octanol–water partition coefficient (Wildman–Crippen LogP) is 4.77. The van der Waals surface area contributed by atoms with Gasteiger partial charge in [0, 0.05) is 0 Å². The van der Waals surface area contributed by atoms with E-state index in [1.165, 1.54) is 12.1 Å². The largest absolute Gasteiger partial charge is 0.477 e. The summed E-state index contributed by atoms with van der Waals surface area (Å²) >= 11 is 0. The molecule has 0 fully saturated rings. The molecule has 0 saturated carbocycles. The highest BCUT2D eigenvalue weighted by molar-refractivity contribution is 6.20. The second-order valence-electron chi connectivity index (χ2n) is 6.77. The standard InChI is InChI=1S/C21H21F2NO3/c1-14-18(15-8-5-4-6-9-15)19(25)24(13-26-14)21(2,3)16-10-7-11-17(12-16)27-20(22)23/h4-12,20H,13H2,1-3H3. The summed E-state index contributed by atoms with van der Waals surface area (Å²) in [5, 5.41) is 0. The number of hydrogen-bond donors (Lipinski definition) is 0. The maximum atomic E-state index is 13.3. The SMILES string of the molecule is CC1=C(c2ccccc2)C(=O)N(C(C)(C)c2cccc(OC(F)F)c2)CO1. The lowest BCUT2D eigenvalue weighted by atomic mass is 9.90. The van der Waals surface area contributed by atoms with E-state index in [0.29, 0.717) is 16.9 Å². The fraction of sp³-hybridized carbons (Fsp3) is 0.286. The van der Waals surface area contributed by atoms with Gasteiger partial charge in [-0.2, -0.15) is 8.78 Å². The highest BCUT2D eigenvalue weighted by Gasteiger charge is 2.38. The molecule has 4 nitrogen and oxygen atoms in total. The lowest BCUT2D eigenvalue weighted by Gasteiger charge is -2.41. The fourth-order valence-corrected chi connectivity index (χ4v) is 3.13. The smallest absolute Gasteiger partial charge is 0.387 e. The van der Waals surface area contributed by atoms with Gasteiger partial charge < -0.3 is 9.47 Å². The van der Waals surface area contributed by atoms with Gasteiger partial charge in [-0.1, -0.05) is 42.5 Å². The second-order valence-corrected chi connectivity index (χ2v) is 6.77. The minimum atomic E-state index is -2.90. The first-order chi connectivity index (χ1) is 12.8. The molecule has 2 aromatic carbocycles. The summed E-state index contributed by atoms with van der Waals surface area (Å²) in [5.41, 5.74) is 1.15. The van der Waals surface area contributed by atoms with Gasteiger partial charge in [0.05, 0.1) is 11.1 Å². The van der Waals surface area contributed by atoms with E-state index in [2.05, 4.69) is 4.74 Å². The number of allylic oxidation sites excluding steroid dienone is 1. The average molecular weight is 373 g/mol. The van der Waals surface area contributed by atoms with E-state index >= 15 is 0 Å². The zero-order valence-corrected chi connectivity index (χ0v) is 15.4. The van der Waals surface area contributed by atoms with Crippen molar-refractivity contribution in [3.05, 3.63) is 71.5 Å². The summed E-state index contributed by atoms with van der Waals surface area (Å²) in [6.45, 7) is 2.63. The molecule has 142 valence electrons. The number of ether oxygens (including phenoxy) is 2. The van der Waals surface area contributed by atoms with Crippen LogP contribution in [0.3, 0.4) is 0 Å². The number of nitrogens with zero attached hydrogens (tertiary/aromatic N) is 1. The number of benzene rings is 2. The molecular weight excluding hydrogens is 352 g/mol. The number of hydrogen-bond acceptors (Lipinski definition) is 3. The van der Waals surface area contributed by atoms with Crippen LogP contribution in [0.25, 0.3) is 5.57 Å². The first kappa shape index (κ1) is 18.9. The van der Waals surface area contributed by atoms with Crippen LogP contribution in [0.4, 0.5) is 8.78 Å². The summed E-state index contributed by atoms with van der Waals surface area (Å²) in [6, 6.07) is 15.7. The third-order valence-electron chi connectivity index (χ3n) is 4.72. The van der Waals surface area contributed by atoms with Gasteiger partial charge in [-0.15, -0.1) is 0 Å². The number of amides is 1. The lowest BCUT2D eigenvalue weighted by molar-refractivity contribution is -0.139. The maximum Gasteiger partial charge on any atom is 0.387 e. The summed E-state index contributed by atoms with van der Waals surface area (Å²) in [5.74, 6) is 0.444. The maximum absolute atomic E-state index is 13.3. The molecule has 1 aliphatic rings. The Bertz CT molecular complexity index is 863. The van der Waals surface area contributed by atoms with Crippen molar-refractivity contribution in [1.82, 2.24) is 4.90 Å². The molecule has 3 rings (SSSR count). The van der Waals surface area contributed by atoms with Gasteiger partial charge in [0.15, 0.2) is 6.73 Å². The Morgan fingerprint density at radius 3 is 2.48 bits per heavy atom. The Hall–Kier alpha value is -2.89. The molecule has 2 aromatic rings.